The van der Waals surface area contributed by atoms with Crippen LogP contribution in [0.3, 0.4) is 0 Å². The molecular formula is C15H20N2O4. The minimum atomic E-state index is -0.911. The minimum Gasteiger partial charge on any atom is -0.481 e. The Balaban J connectivity index is 2.06. The molecule has 1 heterocycles. The minimum absolute atomic E-state index is 0.153. The standard InChI is InChI=1S/C15H20N2O4/c18-11-14(19)17-7-6-16(9-13(10-17)15(20)21)8-12-4-2-1-3-5-12/h1-5,13,18H,6-11H2,(H,20,21). The molecule has 0 aromatic heterocycles. The fraction of sp³-hybridized carbons (Fsp3) is 0.467. The first-order valence-electron chi connectivity index (χ1n) is 6.98. The van der Waals surface area contributed by atoms with Crippen LogP contribution in [-0.4, -0.2) is 64.7 Å². The molecule has 0 radical (unpaired) electrons. The third-order valence-corrected chi connectivity index (χ3v) is 3.69. The first-order valence-corrected chi connectivity index (χ1v) is 6.98. The number of carbonyl (C=O) groups is 2. The summed E-state index contributed by atoms with van der Waals surface area (Å²) in [6, 6.07) is 9.83. The summed E-state index contributed by atoms with van der Waals surface area (Å²) < 4.78 is 0. The van der Waals surface area contributed by atoms with Crippen LogP contribution in [0.4, 0.5) is 0 Å². The van der Waals surface area contributed by atoms with Crippen LogP contribution in [0.25, 0.3) is 0 Å². The highest BCUT2D eigenvalue weighted by Crippen LogP contribution is 2.13. The fourth-order valence-corrected chi connectivity index (χ4v) is 2.55. The number of amides is 1. The van der Waals surface area contributed by atoms with Crippen molar-refractivity contribution in [3.05, 3.63) is 35.9 Å². The zero-order chi connectivity index (χ0) is 15.2. The zero-order valence-corrected chi connectivity index (χ0v) is 11.8. The number of nitrogens with zero attached hydrogens (tertiary/aromatic N) is 2. The van der Waals surface area contributed by atoms with E-state index in [9.17, 15) is 14.7 Å². The van der Waals surface area contributed by atoms with Crippen molar-refractivity contribution in [3.63, 3.8) is 0 Å². The molecule has 21 heavy (non-hydrogen) atoms. The molecule has 1 aliphatic heterocycles. The highest BCUT2D eigenvalue weighted by atomic mass is 16.4. The predicted octanol–water partition coefficient (Wildman–Crippen LogP) is 0.0239. The Morgan fingerprint density at radius 3 is 2.48 bits per heavy atom. The summed E-state index contributed by atoms with van der Waals surface area (Å²) in [6.07, 6.45) is 0. The Morgan fingerprint density at radius 1 is 1.14 bits per heavy atom. The normalized spacial score (nSPS) is 20.0. The van der Waals surface area contributed by atoms with Gasteiger partial charge in [0.15, 0.2) is 0 Å². The molecule has 1 saturated heterocycles. The lowest BCUT2D eigenvalue weighted by atomic mass is 10.1. The maximum Gasteiger partial charge on any atom is 0.309 e. The van der Waals surface area contributed by atoms with E-state index in [-0.39, 0.29) is 6.54 Å². The molecule has 6 heteroatoms. The second kappa shape index (κ2) is 7.19. The van der Waals surface area contributed by atoms with Crippen molar-refractivity contribution in [2.75, 3.05) is 32.8 Å². The summed E-state index contributed by atoms with van der Waals surface area (Å²) >= 11 is 0. The Morgan fingerprint density at radius 2 is 1.86 bits per heavy atom. The van der Waals surface area contributed by atoms with Gasteiger partial charge in [-0.3, -0.25) is 14.5 Å². The predicted molar refractivity (Wildman–Crippen MR) is 76.5 cm³/mol. The summed E-state index contributed by atoms with van der Waals surface area (Å²) in [5, 5.41) is 18.2. The lowest BCUT2D eigenvalue weighted by Gasteiger charge is -2.21. The van der Waals surface area contributed by atoms with Gasteiger partial charge in [-0.25, -0.2) is 0 Å². The molecular weight excluding hydrogens is 272 g/mol. The third-order valence-electron chi connectivity index (χ3n) is 3.69. The fourth-order valence-electron chi connectivity index (χ4n) is 2.55. The summed E-state index contributed by atoms with van der Waals surface area (Å²) in [7, 11) is 0. The summed E-state index contributed by atoms with van der Waals surface area (Å²) in [4.78, 5) is 26.4. The van der Waals surface area contributed by atoms with Crippen molar-refractivity contribution in [2.45, 2.75) is 6.54 Å². The van der Waals surface area contributed by atoms with Gasteiger partial charge in [0.25, 0.3) is 0 Å². The Hall–Kier alpha value is -1.92. The van der Waals surface area contributed by atoms with Gasteiger partial charge in [0.1, 0.15) is 6.61 Å². The number of hydrogen-bond acceptors (Lipinski definition) is 4. The van der Waals surface area contributed by atoms with Crippen LogP contribution in [0.15, 0.2) is 30.3 Å². The van der Waals surface area contributed by atoms with E-state index >= 15 is 0 Å². The molecule has 0 spiro atoms. The number of carboxylic acid groups (broad SMARTS) is 1. The number of benzene rings is 1. The van der Waals surface area contributed by atoms with E-state index in [4.69, 9.17) is 5.11 Å². The van der Waals surface area contributed by atoms with Crippen LogP contribution in [0, 0.1) is 5.92 Å². The first kappa shape index (κ1) is 15.5. The quantitative estimate of drug-likeness (QED) is 0.818. The van der Waals surface area contributed by atoms with Crippen LogP contribution in [-0.2, 0) is 16.1 Å². The molecule has 2 rings (SSSR count). The molecule has 1 aromatic rings. The van der Waals surface area contributed by atoms with Gasteiger partial charge in [0.2, 0.25) is 5.91 Å². The number of carbonyl (C=O) groups excluding carboxylic acids is 1. The maximum atomic E-state index is 11.6. The number of aliphatic carboxylic acids is 1. The zero-order valence-electron chi connectivity index (χ0n) is 11.8. The summed E-state index contributed by atoms with van der Waals surface area (Å²) in [5.41, 5.74) is 1.11. The van der Waals surface area contributed by atoms with Crippen LogP contribution in [0.5, 0.6) is 0 Å². The van der Waals surface area contributed by atoms with Gasteiger partial charge in [-0.15, -0.1) is 0 Å². The molecule has 0 aliphatic carbocycles. The van der Waals surface area contributed by atoms with Gasteiger partial charge in [-0.1, -0.05) is 30.3 Å². The monoisotopic (exact) mass is 292 g/mol. The van der Waals surface area contributed by atoms with Gasteiger partial charge in [-0.05, 0) is 5.56 Å². The Kier molecular flexibility index (Phi) is 5.30. The summed E-state index contributed by atoms with van der Waals surface area (Å²) in [6.45, 7) is 1.68. The second-order valence-corrected chi connectivity index (χ2v) is 5.25. The van der Waals surface area contributed by atoms with Gasteiger partial charge in [0.05, 0.1) is 5.92 Å². The average Bonchev–Trinajstić information content (AvgIpc) is 2.70. The Labute approximate surface area is 123 Å². The molecule has 114 valence electrons. The van der Waals surface area contributed by atoms with E-state index in [0.717, 1.165) is 5.56 Å². The van der Waals surface area contributed by atoms with E-state index < -0.39 is 24.4 Å². The van der Waals surface area contributed by atoms with Crippen molar-refractivity contribution in [1.82, 2.24) is 9.80 Å². The molecule has 1 unspecified atom stereocenters. The van der Waals surface area contributed by atoms with Crippen LogP contribution in [0.1, 0.15) is 5.56 Å². The average molecular weight is 292 g/mol. The third kappa shape index (κ3) is 4.27. The molecule has 0 saturated carbocycles. The number of aliphatic hydroxyl groups is 1. The van der Waals surface area contributed by atoms with Crippen LogP contribution in [0.2, 0.25) is 0 Å². The van der Waals surface area contributed by atoms with Gasteiger partial charge in [-0.2, -0.15) is 0 Å². The van der Waals surface area contributed by atoms with Gasteiger partial charge in [0, 0.05) is 32.7 Å². The lowest BCUT2D eigenvalue weighted by Crippen LogP contribution is -2.39. The van der Waals surface area contributed by atoms with Crippen LogP contribution < -0.4 is 0 Å². The number of carboxylic acids is 1. The van der Waals surface area contributed by atoms with E-state index in [1.807, 2.05) is 35.2 Å². The maximum absolute atomic E-state index is 11.6. The van der Waals surface area contributed by atoms with Crippen molar-refractivity contribution in [2.24, 2.45) is 5.92 Å². The molecule has 0 bridgehead atoms. The van der Waals surface area contributed by atoms with E-state index in [1.54, 1.807) is 0 Å². The molecule has 1 atom stereocenters. The number of aliphatic hydroxyl groups excluding tert-OH is 1. The van der Waals surface area contributed by atoms with Crippen molar-refractivity contribution in [3.8, 4) is 0 Å². The molecule has 1 aromatic carbocycles. The largest absolute Gasteiger partial charge is 0.481 e. The van der Waals surface area contributed by atoms with E-state index in [2.05, 4.69) is 0 Å². The van der Waals surface area contributed by atoms with Crippen molar-refractivity contribution in [1.29, 1.82) is 0 Å². The van der Waals surface area contributed by atoms with E-state index in [0.29, 0.717) is 26.2 Å². The SMILES string of the molecule is O=C(O)C1CN(Cc2ccccc2)CCN(C(=O)CO)C1. The van der Waals surface area contributed by atoms with Gasteiger partial charge >= 0.3 is 5.97 Å². The molecule has 6 nitrogen and oxygen atoms in total. The molecule has 2 N–H and O–H groups in total. The highest BCUT2D eigenvalue weighted by molar-refractivity contribution is 5.78. The molecule has 1 amide bonds. The number of rotatable bonds is 4. The molecule has 1 aliphatic rings. The molecule has 1 fully saturated rings. The lowest BCUT2D eigenvalue weighted by molar-refractivity contribution is -0.144. The van der Waals surface area contributed by atoms with E-state index in [1.165, 1.54) is 4.90 Å². The van der Waals surface area contributed by atoms with Crippen molar-refractivity contribution < 1.29 is 19.8 Å². The smallest absolute Gasteiger partial charge is 0.309 e. The Bertz CT molecular complexity index is 492. The highest BCUT2D eigenvalue weighted by Gasteiger charge is 2.29. The first-order chi connectivity index (χ1) is 10.1. The number of hydrogen-bond donors (Lipinski definition) is 2. The van der Waals surface area contributed by atoms with Crippen LogP contribution >= 0.6 is 0 Å². The second-order valence-electron chi connectivity index (χ2n) is 5.25. The van der Waals surface area contributed by atoms with Gasteiger partial charge < -0.3 is 15.1 Å². The topological polar surface area (TPSA) is 81.1 Å². The summed E-state index contributed by atoms with van der Waals surface area (Å²) in [5.74, 6) is -1.96. The van der Waals surface area contributed by atoms with Crippen molar-refractivity contribution >= 4 is 11.9 Å².